The minimum atomic E-state index is -3.07. The number of carbonyl (C=O) groups is 2. The summed E-state index contributed by atoms with van der Waals surface area (Å²) in [7, 11) is 0. The molecule has 3 heterocycles. The molecule has 0 aromatic carbocycles. The molecule has 0 radical (unpaired) electrons. The summed E-state index contributed by atoms with van der Waals surface area (Å²) < 4.78 is 60.6. The normalized spacial score (nSPS) is 17.5. The molecule has 1 aliphatic rings. The van der Waals surface area contributed by atoms with E-state index in [1.807, 2.05) is 6.92 Å². The highest BCUT2D eigenvalue weighted by Gasteiger charge is 2.46. The minimum absolute atomic E-state index is 0.0358. The summed E-state index contributed by atoms with van der Waals surface area (Å²) in [6.45, 7) is 4.69. The Hall–Kier alpha value is -2.76. The largest absolute Gasteiger partial charge is 0.461 e. The summed E-state index contributed by atoms with van der Waals surface area (Å²) in [5.41, 5.74) is -0.871. The molecule has 12 heteroatoms. The van der Waals surface area contributed by atoms with Crippen LogP contribution in [0.3, 0.4) is 0 Å². The molecule has 3 rings (SSSR count). The number of nitrogens with zero attached hydrogens (tertiary/aromatic N) is 3. The number of likely N-dealkylation sites (tertiary alicyclic amines) is 1. The van der Waals surface area contributed by atoms with Crippen molar-refractivity contribution in [3.63, 3.8) is 0 Å². The van der Waals surface area contributed by atoms with Gasteiger partial charge in [0, 0.05) is 36.3 Å². The molecular formula is C21H24F4N4O3S. The van der Waals surface area contributed by atoms with Gasteiger partial charge in [-0.05, 0) is 26.3 Å². The Balaban J connectivity index is 2.11. The molecule has 0 saturated carbocycles. The highest BCUT2D eigenvalue weighted by molar-refractivity contribution is 7.17. The van der Waals surface area contributed by atoms with Gasteiger partial charge in [0.25, 0.3) is 18.3 Å². The second-order valence-corrected chi connectivity index (χ2v) is 8.64. The third kappa shape index (κ3) is 5.43. The lowest BCUT2D eigenvalue weighted by Gasteiger charge is -2.20. The molecular weight excluding hydrogens is 464 g/mol. The van der Waals surface area contributed by atoms with Crippen molar-refractivity contribution in [2.45, 2.75) is 52.0 Å². The van der Waals surface area contributed by atoms with Gasteiger partial charge in [-0.2, -0.15) is 0 Å². The maximum absolute atomic E-state index is 13.9. The van der Waals surface area contributed by atoms with Crippen LogP contribution in [0.5, 0.6) is 0 Å². The number of alkyl halides is 4. The number of esters is 1. The number of anilines is 1. The predicted molar refractivity (Wildman–Crippen MR) is 115 cm³/mol. The molecule has 1 fully saturated rings. The summed E-state index contributed by atoms with van der Waals surface area (Å²) in [4.78, 5) is 34.5. The van der Waals surface area contributed by atoms with Gasteiger partial charge in [0.15, 0.2) is 0 Å². The number of halogens is 4. The number of rotatable bonds is 8. The highest BCUT2D eigenvalue weighted by Crippen LogP contribution is 2.40. The van der Waals surface area contributed by atoms with Crippen LogP contribution in [-0.2, 0) is 4.74 Å². The first kappa shape index (κ1) is 24.9. The SMILES string of the molecule is CCCNc1cc(C(F)F)c(-c2sc(C(=O)OCC)nc2C(=O)N2CC(F)(F)CC2C)cn1. The molecule has 7 nitrogen and oxygen atoms in total. The van der Waals surface area contributed by atoms with E-state index >= 15 is 0 Å². The van der Waals surface area contributed by atoms with Gasteiger partial charge in [-0.25, -0.2) is 32.3 Å². The molecule has 0 spiro atoms. The number of pyridine rings is 1. The second-order valence-electron chi connectivity index (χ2n) is 7.64. The van der Waals surface area contributed by atoms with Crippen molar-refractivity contribution in [3.8, 4) is 10.4 Å². The predicted octanol–water partition coefficient (Wildman–Crippen LogP) is 5.01. The van der Waals surface area contributed by atoms with Gasteiger partial charge in [-0.3, -0.25) is 4.79 Å². The number of hydrogen-bond donors (Lipinski definition) is 1. The lowest BCUT2D eigenvalue weighted by Crippen LogP contribution is -2.35. The molecule has 1 N–H and O–H groups in total. The van der Waals surface area contributed by atoms with Crippen molar-refractivity contribution in [1.29, 1.82) is 0 Å². The Labute approximate surface area is 192 Å². The van der Waals surface area contributed by atoms with Crippen LogP contribution in [0, 0.1) is 0 Å². The van der Waals surface area contributed by atoms with Gasteiger partial charge >= 0.3 is 5.97 Å². The molecule has 1 atom stereocenters. The van der Waals surface area contributed by atoms with Crippen molar-refractivity contribution in [1.82, 2.24) is 14.9 Å². The van der Waals surface area contributed by atoms with Gasteiger partial charge in [-0.15, -0.1) is 11.3 Å². The first-order valence-corrected chi connectivity index (χ1v) is 11.3. The number of ether oxygens (including phenoxy) is 1. The van der Waals surface area contributed by atoms with Crippen LogP contribution in [0.1, 0.15) is 65.9 Å². The number of aromatic nitrogens is 2. The summed E-state index contributed by atoms with van der Waals surface area (Å²) in [5, 5.41) is 2.68. The van der Waals surface area contributed by atoms with Crippen molar-refractivity contribution in [2.75, 3.05) is 25.0 Å². The van der Waals surface area contributed by atoms with Crippen LogP contribution in [0.4, 0.5) is 23.4 Å². The van der Waals surface area contributed by atoms with Crippen LogP contribution in [-0.4, -0.2) is 58.4 Å². The second kappa shape index (κ2) is 10.0. The standard InChI is InChI=1S/C21H24F4N4O3S/c1-4-6-26-14-7-12(17(22)23)13(9-27-14)16-15(28-18(33-16)20(31)32-5-2)19(30)29-10-21(24,25)8-11(29)3/h7,9,11,17H,4-6,8,10H2,1-3H3,(H,26,27). The fraction of sp³-hybridized carbons (Fsp3) is 0.524. The molecule has 33 heavy (non-hydrogen) atoms. The summed E-state index contributed by atoms with van der Waals surface area (Å²) in [6.07, 6.45) is -1.52. The molecule has 1 unspecified atom stereocenters. The van der Waals surface area contributed by atoms with Gasteiger partial charge < -0.3 is 15.0 Å². The number of nitrogens with one attached hydrogen (secondary N) is 1. The molecule has 180 valence electrons. The Morgan fingerprint density at radius 1 is 1.36 bits per heavy atom. The average molecular weight is 489 g/mol. The van der Waals surface area contributed by atoms with Gasteiger partial charge in [0.1, 0.15) is 11.5 Å². The molecule has 1 amide bonds. The smallest absolute Gasteiger partial charge is 0.367 e. The fourth-order valence-corrected chi connectivity index (χ4v) is 4.52. The van der Waals surface area contributed by atoms with E-state index in [0.717, 1.165) is 11.3 Å². The van der Waals surface area contributed by atoms with Crippen LogP contribution in [0.15, 0.2) is 12.3 Å². The summed E-state index contributed by atoms with van der Waals surface area (Å²) in [6, 6.07) is 0.377. The number of thiazole rings is 1. The van der Waals surface area contributed by atoms with Gasteiger partial charge in [-0.1, -0.05) is 6.92 Å². The highest BCUT2D eigenvalue weighted by atomic mass is 32.1. The lowest BCUT2D eigenvalue weighted by atomic mass is 10.1. The van der Waals surface area contributed by atoms with E-state index in [1.54, 1.807) is 6.92 Å². The third-order valence-electron chi connectivity index (χ3n) is 5.04. The molecule has 0 bridgehead atoms. The Morgan fingerprint density at radius 2 is 2.09 bits per heavy atom. The maximum atomic E-state index is 13.9. The molecule has 2 aromatic heterocycles. The maximum Gasteiger partial charge on any atom is 0.367 e. The summed E-state index contributed by atoms with van der Waals surface area (Å²) in [5.74, 6) is -4.55. The zero-order chi connectivity index (χ0) is 24.3. The van der Waals surface area contributed by atoms with Crippen LogP contribution < -0.4 is 5.32 Å². The minimum Gasteiger partial charge on any atom is -0.461 e. The van der Waals surface area contributed by atoms with Crippen molar-refractivity contribution in [2.24, 2.45) is 0 Å². The third-order valence-corrected chi connectivity index (χ3v) is 6.11. The monoisotopic (exact) mass is 488 g/mol. The summed E-state index contributed by atoms with van der Waals surface area (Å²) >= 11 is 0.690. The molecule has 1 aliphatic heterocycles. The van der Waals surface area contributed by atoms with Crippen LogP contribution in [0.25, 0.3) is 10.4 Å². The Morgan fingerprint density at radius 3 is 2.67 bits per heavy atom. The lowest BCUT2D eigenvalue weighted by molar-refractivity contribution is 0.0117. The van der Waals surface area contributed by atoms with E-state index in [2.05, 4.69) is 15.3 Å². The van der Waals surface area contributed by atoms with Crippen LogP contribution >= 0.6 is 11.3 Å². The fourth-order valence-electron chi connectivity index (χ4n) is 3.54. The quantitative estimate of drug-likeness (QED) is 0.415. The zero-order valence-corrected chi connectivity index (χ0v) is 19.1. The Bertz CT molecular complexity index is 1030. The number of carbonyl (C=O) groups excluding carboxylic acids is 2. The zero-order valence-electron chi connectivity index (χ0n) is 18.3. The first-order chi connectivity index (χ1) is 15.6. The average Bonchev–Trinajstić information content (AvgIpc) is 3.32. The van der Waals surface area contributed by atoms with E-state index in [4.69, 9.17) is 4.74 Å². The van der Waals surface area contributed by atoms with E-state index in [-0.39, 0.29) is 33.6 Å². The topological polar surface area (TPSA) is 84.4 Å². The number of hydrogen-bond acceptors (Lipinski definition) is 7. The van der Waals surface area contributed by atoms with Crippen molar-refractivity contribution >= 4 is 29.0 Å². The molecule has 0 aliphatic carbocycles. The molecule has 2 aromatic rings. The Kier molecular flexibility index (Phi) is 7.55. The van der Waals surface area contributed by atoms with E-state index in [1.165, 1.54) is 19.2 Å². The van der Waals surface area contributed by atoms with Gasteiger partial charge in [0.2, 0.25) is 5.01 Å². The van der Waals surface area contributed by atoms with E-state index in [0.29, 0.717) is 17.9 Å². The van der Waals surface area contributed by atoms with Crippen molar-refractivity contribution < 1.29 is 31.9 Å². The number of amides is 1. The van der Waals surface area contributed by atoms with E-state index in [9.17, 15) is 27.2 Å². The molecule has 1 saturated heterocycles. The van der Waals surface area contributed by atoms with Gasteiger partial charge in [0.05, 0.1) is 18.0 Å². The first-order valence-electron chi connectivity index (χ1n) is 10.5. The van der Waals surface area contributed by atoms with Crippen molar-refractivity contribution in [3.05, 3.63) is 28.5 Å². The van der Waals surface area contributed by atoms with Crippen LogP contribution in [0.2, 0.25) is 0 Å². The van der Waals surface area contributed by atoms with E-state index < -0.39 is 48.8 Å².